The van der Waals surface area contributed by atoms with E-state index in [2.05, 4.69) is 26.2 Å². The number of aliphatic hydroxyl groups excluding tert-OH is 1. The van der Waals surface area contributed by atoms with Gasteiger partial charge in [0, 0.05) is 4.47 Å². The van der Waals surface area contributed by atoms with Gasteiger partial charge in [-0.05, 0) is 31.2 Å². The Hall–Kier alpha value is -1.69. The van der Waals surface area contributed by atoms with Crippen LogP contribution in [-0.4, -0.2) is 16.2 Å². The first-order chi connectivity index (χ1) is 7.50. The van der Waals surface area contributed by atoms with Crippen molar-refractivity contribution in [3.63, 3.8) is 0 Å². The molecule has 0 saturated heterocycles. The van der Waals surface area contributed by atoms with Crippen molar-refractivity contribution in [2.24, 2.45) is 10.2 Å². The van der Waals surface area contributed by atoms with Crippen LogP contribution in [-0.2, 0) is 4.79 Å². The number of carboxylic acids is 1. The first-order valence-electron chi connectivity index (χ1n) is 4.31. The van der Waals surface area contributed by atoms with Crippen molar-refractivity contribution in [3.05, 3.63) is 40.2 Å². The van der Waals surface area contributed by atoms with Crippen molar-refractivity contribution in [2.75, 3.05) is 0 Å². The molecular weight excluding hydrogens is 276 g/mol. The average molecular weight is 285 g/mol. The molecule has 0 unspecified atom stereocenters. The summed E-state index contributed by atoms with van der Waals surface area (Å²) in [6.07, 6.45) is 0. The van der Waals surface area contributed by atoms with E-state index in [4.69, 9.17) is 10.2 Å². The number of allylic oxidation sites excluding steroid dienone is 1. The number of nitrogens with zero attached hydrogens (tertiary/aromatic N) is 2. The molecule has 0 bridgehead atoms. The summed E-state index contributed by atoms with van der Waals surface area (Å²) in [7, 11) is 0. The van der Waals surface area contributed by atoms with Crippen LogP contribution in [0, 0.1) is 0 Å². The van der Waals surface area contributed by atoms with Crippen molar-refractivity contribution in [1.82, 2.24) is 0 Å². The lowest BCUT2D eigenvalue weighted by molar-refractivity contribution is -0.132. The molecule has 0 spiro atoms. The summed E-state index contributed by atoms with van der Waals surface area (Å²) in [6, 6.07) is 6.84. The Balaban J connectivity index is 2.92. The van der Waals surface area contributed by atoms with E-state index in [9.17, 15) is 4.79 Å². The van der Waals surface area contributed by atoms with E-state index in [0.29, 0.717) is 5.69 Å². The molecule has 5 nitrogen and oxygen atoms in total. The van der Waals surface area contributed by atoms with E-state index in [1.807, 2.05) is 0 Å². The van der Waals surface area contributed by atoms with Crippen LogP contribution < -0.4 is 0 Å². The summed E-state index contributed by atoms with van der Waals surface area (Å²) in [6.45, 7) is 1.24. The van der Waals surface area contributed by atoms with E-state index in [-0.39, 0.29) is 5.76 Å². The number of aliphatic carboxylic acids is 1. The van der Waals surface area contributed by atoms with Crippen LogP contribution in [0.1, 0.15) is 6.92 Å². The normalized spacial score (nSPS) is 12.6. The second-order valence-corrected chi connectivity index (χ2v) is 3.83. The Bertz CT molecular complexity index is 448. The Morgan fingerprint density at radius 1 is 1.25 bits per heavy atom. The van der Waals surface area contributed by atoms with Crippen LogP contribution in [0.4, 0.5) is 5.69 Å². The predicted molar refractivity (Wildman–Crippen MR) is 61.6 cm³/mol. The smallest absolute Gasteiger partial charge is 0.359 e. The lowest BCUT2D eigenvalue weighted by Crippen LogP contribution is -2.00. The number of hydrogen-bond acceptors (Lipinski definition) is 4. The molecule has 1 aromatic carbocycles. The Kier molecular flexibility index (Phi) is 4.19. The van der Waals surface area contributed by atoms with Crippen molar-refractivity contribution < 1.29 is 15.0 Å². The SMILES string of the molecule is CC(O)=C(N=Nc1ccc(Br)cc1)C(=O)O. The number of carboxylic acid groups (broad SMARTS) is 1. The lowest BCUT2D eigenvalue weighted by atomic mass is 10.3. The van der Waals surface area contributed by atoms with Crippen molar-refractivity contribution in [3.8, 4) is 0 Å². The minimum Gasteiger partial charge on any atom is -0.510 e. The van der Waals surface area contributed by atoms with Gasteiger partial charge in [0.1, 0.15) is 5.76 Å². The maximum atomic E-state index is 10.6. The molecule has 0 atom stereocenters. The van der Waals surface area contributed by atoms with Gasteiger partial charge in [-0.15, -0.1) is 5.11 Å². The molecule has 16 heavy (non-hydrogen) atoms. The minimum absolute atomic E-state index is 0.381. The summed E-state index contributed by atoms with van der Waals surface area (Å²) < 4.78 is 0.888. The standard InChI is InChI=1S/C10H9BrN2O3/c1-6(14)9(10(15)16)13-12-8-4-2-7(11)3-5-8/h2-5,14H,1H3,(H,15,16). The fraction of sp³-hybridized carbons (Fsp3) is 0.100. The Labute approximate surface area is 100 Å². The van der Waals surface area contributed by atoms with Crippen molar-refractivity contribution >= 4 is 27.6 Å². The molecule has 0 aromatic heterocycles. The van der Waals surface area contributed by atoms with Crippen LogP contribution in [0.5, 0.6) is 0 Å². The van der Waals surface area contributed by atoms with Gasteiger partial charge in [0.15, 0.2) is 0 Å². The first-order valence-corrected chi connectivity index (χ1v) is 5.10. The number of aliphatic hydroxyl groups is 1. The highest BCUT2D eigenvalue weighted by Crippen LogP contribution is 2.18. The highest BCUT2D eigenvalue weighted by molar-refractivity contribution is 9.10. The van der Waals surface area contributed by atoms with Gasteiger partial charge in [-0.3, -0.25) is 0 Å². The Morgan fingerprint density at radius 3 is 2.25 bits per heavy atom. The van der Waals surface area contributed by atoms with Gasteiger partial charge < -0.3 is 10.2 Å². The maximum Gasteiger partial charge on any atom is 0.359 e. The monoisotopic (exact) mass is 284 g/mol. The fourth-order valence-corrected chi connectivity index (χ4v) is 1.15. The van der Waals surface area contributed by atoms with E-state index in [1.165, 1.54) is 6.92 Å². The number of carbonyl (C=O) groups is 1. The third-order valence-electron chi connectivity index (χ3n) is 1.64. The number of halogens is 1. The molecule has 0 heterocycles. The largest absolute Gasteiger partial charge is 0.510 e. The second-order valence-electron chi connectivity index (χ2n) is 2.92. The maximum absolute atomic E-state index is 10.6. The van der Waals surface area contributed by atoms with E-state index >= 15 is 0 Å². The zero-order valence-corrected chi connectivity index (χ0v) is 9.97. The van der Waals surface area contributed by atoms with Gasteiger partial charge in [-0.2, -0.15) is 5.11 Å². The third kappa shape index (κ3) is 3.47. The number of rotatable bonds is 3. The van der Waals surface area contributed by atoms with Crippen LogP contribution in [0.2, 0.25) is 0 Å². The molecule has 0 fully saturated rings. The van der Waals surface area contributed by atoms with Gasteiger partial charge in [-0.1, -0.05) is 15.9 Å². The van der Waals surface area contributed by atoms with Gasteiger partial charge in [0.25, 0.3) is 0 Å². The van der Waals surface area contributed by atoms with E-state index in [1.54, 1.807) is 24.3 Å². The zero-order chi connectivity index (χ0) is 12.1. The molecule has 6 heteroatoms. The van der Waals surface area contributed by atoms with E-state index < -0.39 is 11.7 Å². The molecular formula is C10H9BrN2O3. The van der Waals surface area contributed by atoms with Crippen LogP contribution in [0.25, 0.3) is 0 Å². The Morgan fingerprint density at radius 2 is 1.81 bits per heavy atom. The predicted octanol–water partition coefficient (Wildman–Crippen LogP) is 3.41. The third-order valence-corrected chi connectivity index (χ3v) is 2.17. The quantitative estimate of drug-likeness (QED) is 0.507. The molecule has 0 radical (unpaired) electrons. The van der Waals surface area contributed by atoms with Gasteiger partial charge in [0.05, 0.1) is 5.69 Å². The lowest BCUT2D eigenvalue weighted by Gasteiger charge is -1.95. The highest BCUT2D eigenvalue weighted by atomic mass is 79.9. The molecule has 1 aromatic rings. The average Bonchev–Trinajstić information content (AvgIpc) is 2.20. The molecule has 0 aliphatic heterocycles. The molecule has 0 aliphatic rings. The minimum atomic E-state index is -1.32. The summed E-state index contributed by atoms with van der Waals surface area (Å²) >= 11 is 3.26. The van der Waals surface area contributed by atoms with Crippen LogP contribution >= 0.6 is 15.9 Å². The van der Waals surface area contributed by atoms with Gasteiger partial charge >= 0.3 is 5.97 Å². The summed E-state index contributed by atoms with van der Waals surface area (Å²) in [4.78, 5) is 10.6. The second kappa shape index (κ2) is 5.41. The molecule has 84 valence electrons. The first kappa shape index (κ1) is 12.4. The molecule has 0 amide bonds. The summed E-state index contributed by atoms with van der Waals surface area (Å²) in [5.41, 5.74) is 0.0334. The number of hydrogen-bond donors (Lipinski definition) is 2. The molecule has 0 saturated carbocycles. The topological polar surface area (TPSA) is 82.2 Å². The van der Waals surface area contributed by atoms with Crippen molar-refractivity contribution in [2.45, 2.75) is 6.92 Å². The van der Waals surface area contributed by atoms with Gasteiger partial charge in [0.2, 0.25) is 5.70 Å². The van der Waals surface area contributed by atoms with Crippen LogP contribution in [0.3, 0.4) is 0 Å². The summed E-state index contributed by atoms with van der Waals surface area (Å²) in [5.74, 6) is -1.70. The fourth-order valence-electron chi connectivity index (χ4n) is 0.885. The number of azo groups is 1. The zero-order valence-electron chi connectivity index (χ0n) is 8.38. The summed E-state index contributed by atoms with van der Waals surface area (Å²) in [5, 5.41) is 24.9. The van der Waals surface area contributed by atoms with E-state index in [0.717, 1.165) is 4.47 Å². The highest BCUT2D eigenvalue weighted by Gasteiger charge is 2.09. The van der Waals surface area contributed by atoms with Crippen LogP contribution in [0.15, 0.2) is 50.4 Å². The molecule has 1 rings (SSSR count). The molecule has 0 aliphatic carbocycles. The number of benzene rings is 1. The van der Waals surface area contributed by atoms with Crippen molar-refractivity contribution in [1.29, 1.82) is 0 Å². The van der Waals surface area contributed by atoms with Gasteiger partial charge in [-0.25, -0.2) is 4.79 Å². The molecule has 2 N–H and O–H groups in total.